The van der Waals surface area contributed by atoms with Crippen molar-refractivity contribution < 1.29 is 5.11 Å². The largest absolute Gasteiger partial charge is 0.394 e. The van der Waals surface area contributed by atoms with E-state index in [9.17, 15) is 5.11 Å². The van der Waals surface area contributed by atoms with Crippen LogP contribution in [0.2, 0.25) is 0 Å². The molecule has 0 amide bonds. The molecule has 17 heavy (non-hydrogen) atoms. The molecule has 0 aromatic carbocycles. The summed E-state index contributed by atoms with van der Waals surface area (Å²) in [6.45, 7) is 11.1. The van der Waals surface area contributed by atoms with Gasteiger partial charge in [0.15, 0.2) is 0 Å². The van der Waals surface area contributed by atoms with Crippen molar-refractivity contribution in [2.75, 3.05) is 32.8 Å². The second-order valence-corrected chi connectivity index (χ2v) is 5.67. The van der Waals surface area contributed by atoms with Crippen LogP contribution in [0.3, 0.4) is 0 Å². The van der Waals surface area contributed by atoms with Crippen LogP contribution in [0, 0.1) is 5.92 Å². The number of aliphatic hydroxyl groups excluding tert-OH is 1. The molecule has 3 heteroatoms. The Hall–Kier alpha value is -0.120. The normalized spacial score (nSPS) is 20.3. The van der Waals surface area contributed by atoms with Crippen LogP contribution in [0.25, 0.3) is 0 Å². The molecule has 0 radical (unpaired) electrons. The van der Waals surface area contributed by atoms with Gasteiger partial charge in [-0.1, -0.05) is 33.1 Å². The zero-order valence-electron chi connectivity index (χ0n) is 11.8. The van der Waals surface area contributed by atoms with Gasteiger partial charge in [-0.25, -0.2) is 0 Å². The predicted octanol–water partition coefficient (Wildman–Crippen LogP) is 1.86. The van der Waals surface area contributed by atoms with Gasteiger partial charge >= 0.3 is 0 Å². The Morgan fingerprint density at radius 2 is 1.94 bits per heavy atom. The fraction of sp³-hybridized carbons (Fsp3) is 1.00. The summed E-state index contributed by atoms with van der Waals surface area (Å²) in [5, 5.41) is 13.1. The zero-order valence-corrected chi connectivity index (χ0v) is 11.8. The van der Waals surface area contributed by atoms with Gasteiger partial charge in [0.2, 0.25) is 0 Å². The molecule has 1 rings (SSSR count). The molecule has 1 unspecified atom stereocenters. The van der Waals surface area contributed by atoms with Crippen LogP contribution in [0.15, 0.2) is 0 Å². The second kappa shape index (κ2) is 7.34. The van der Waals surface area contributed by atoms with Crippen LogP contribution in [-0.2, 0) is 0 Å². The Balaban J connectivity index is 2.24. The van der Waals surface area contributed by atoms with E-state index < -0.39 is 0 Å². The van der Waals surface area contributed by atoms with E-state index in [0.717, 1.165) is 38.5 Å². The van der Waals surface area contributed by atoms with E-state index in [0.29, 0.717) is 0 Å². The van der Waals surface area contributed by atoms with Gasteiger partial charge in [-0.2, -0.15) is 0 Å². The van der Waals surface area contributed by atoms with Crippen molar-refractivity contribution in [2.45, 2.75) is 52.0 Å². The van der Waals surface area contributed by atoms with Crippen LogP contribution in [-0.4, -0.2) is 48.3 Å². The number of rotatable bonds is 9. The molecule has 1 aliphatic carbocycles. The molecule has 0 spiro atoms. The number of hydrogen-bond acceptors (Lipinski definition) is 3. The molecule has 0 aliphatic heterocycles. The lowest BCUT2D eigenvalue weighted by molar-refractivity contribution is 0.121. The van der Waals surface area contributed by atoms with Gasteiger partial charge in [0.05, 0.1) is 6.61 Å². The molecular weight excluding hydrogens is 212 g/mol. The molecule has 0 saturated heterocycles. The Morgan fingerprint density at radius 1 is 1.29 bits per heavy atom. The van der Waals surface area contributed by atoms with Crippen molar-refractivity contribution >= 4 is 0 Å². The maximum Gasteiger partial charge on any atom is 0.0610 e. The van der Waals surface area contributed by atoms with E-state index in [-0.39, 0.29) is 12.1 Å². The van der Waals surface area contributed by atoms with Crippen LogP contribution in [0.4, 0.5) is 0 Å². The third kappa shape index (κ3) is 4.94. The third-order valence-electron chi connectivity index (χ3n) is 4.19. The molecule has 0 bridgehead atoms. The van der Waals surface area contributed by atoms with E-state index in [4.69, 9.17) is 0 Å². The molecule has 1 atom stereocenters. The van der Waals surface area contributed by atoms with Crippen LogP contribution < -0.4 is 5.32 Å². The monoisotopic (exact) mass is 242 g/mol. The molecule has 3 nitrogen and oxygen atoms in total. The minimum Gasteiger partial charge on any atom is -0.394 e. The standard InChI is InChI=1S/C14H30N2O/c1-4-16(5-2)10-9-15-14(3,12-17)11-13-7-6-8-13/h13,15,17H,4-12H2,1-3H3. The number of hydrogen-bond donors (Lipinski definition) is 2. The summed E-state index contributed by atoms with van der Waals surface area (Å²) >= 11 is 0. The highest BCUT2D eigenvalue weighted by atomic mass is 16.3. The van der Waals surface area contributed by atoms with Gasteiger partial charge in [0, 0.05) is 18.6 Å². The van der Waals surface area contributed by atoms with E-state index >= 15 is 0 Å². The third-order valence-corrected chi connectivity index (χ3v) is 4.19. The van der Waals surface area contributed by atoms with E-state index in [1.807, 2.05) is 0 Å². The van der Waals surface area contributed by atoms with Gasteiger partial charge < -0.3 is 15.3 Å². The summed E-state index contributed by atoms with van der Waals surface area (Å²) in [5.74, 6) is 0.841. The van der Waals surface area contributed by atoms with Crippen molar-refractivity contribution in [2.24, 2.45) is 5.92 Å². The van der Waals surface area contributed by atoms with Crippen LogP contribution in [0.1, 0.15) is 46.5 Å². The van der Waals surface area contributed by atoms with Crippen LogP contribution >= 0.6 is 0 Å². The summed E-state index contributed by atoms with van der Waals surface area (Å²) in [6.07, 6.45) is 5.22. The number of nitrogens with zero attached hydrogens (tertiary/aromatic N) is 1. The van der Waals surface area contributed by atoms with Crippen molar-refractivity contribution in [3.8, 4) is 0 Å². The minimum atomic E-state index is -0.0712. The highest BCUT2D eigenvalue weighted by Gasteiger charge is 2.29. The first-order valence-corrected chi connectivity index (χ1v) is 7.21. The quantitative estimate of drug-likeness (QED) is 0.648. The Morgan fingerprint density at radius 3 is 2.35 bits per heavy atom. The smallest absolute Gasteiger partial charge is 0.0610 e. The Bertz CT molecular complexity index is 202. The zero-order chi connectivity index (χ0) is 12.7. The predicted molar refractivity (Wildman–Crippen MR) is 73.2 cm³/mol. The maximum absolute atomic E-state index is 9.56. The second-order valence-electron chi connectivity index (χ2n) is 5.67. The van der Waals surface area contributed by atoms with Crippen molar-refractivity contribution in [3.63, 3.8) is 0 Å². The fourth-order valence-corrected chi connectivity index (χ4v) is 2.58. The first-order chi connectivity index (χ1) is 8.13. The van der Waals surface area contributed by atoms with Crippen molar-refractivity contribution in [1.29, 1.82) is 0 Å². The molecular formula is C14H30N2O. The van der Waals surface area contributed by atoms with Crippen molar-refractivity contribution in [3.05, 3.63) is 0 Å². The minimum absolute atomic E-state index is 0.0712. The molecule has 1 fully saturated rings. The highest BCUT2D eigenvalue weighted by molar-refractivity contribution is 4.87. The summed E-state index contributed by atoms with van der Waals surface area (Å²) < 4.78 is 0. The Labute approximate surface area is 107 Å². The molecule has 0 aromatic rings. The lowest BCUT2D eigenvalue weighted by Gasteiger charge is -2.37. The van der Waals surface area contributed by atoms with Gasteiger partial charge in [-0.15, -0.1) is 0 Å². The van der Waals surface area contributed by atoms with Crippen LogP contribution in [0.5, 0.6) is 0 Å². The van der Waals surface area contributed by atoms with Crippen molar-refractivity contribution in [1.82, 2.24) is 10.2 Å². The topological polar surface area (TPSA) is 35.5 Å². The van der Waals surface area contributed by atoms with Gasteiger partial charge in [-0.3, -0.25) is 0 Å². The van der Waals surface area contributed by atoms with E-state index in [2.05, 4.69) is 31.0 Å². The number of likely N-dealkylation sites (N-methyl/N-ethyl adjacent to an activating group) is 1. The molecule has 0 heterocycles. The summed E-state index contributed by atoms with van der Waals surface area (Å²) in [6, 6.07) is 0. The van der Waals surface area contributed by atoms with Gasteiger partial charge in [0.1, 0.15) is 0 Å². The molecule has 0 aromatic heterocycles. The Kier molecular flexibility index (Phi) is 6.45. The number of aliphatic hydroxyl groups is 1. The first kappa shape index (κ1) is 14.9. The average molecular weight is 242 g/mol. The molecule has 102 valence electrons. The first-order valence-electron chi connectivity index (χ1n) is 7.21. The number of nitrogens with one attached hydrogen (secondary N) is 1. The summed E-state index contributed by atoms with van der Waals surface area (Å²) in [7, 11) is 0. The fourth-order valence-electron chi connectivity index (χ4n) is 2.58. The summed E-state index contributed by atoms with van der Waals surface area (Å²) in [5.41, 5.74) is -0.0712. The van der Waals surface area contributed by atoms with E-state index in [1.54, 1.807) is 0 Å². The molecule has 1 saturated carbocycles. The van der Waals surface area contributed by atoms with Gasteiger partial charge in [-0.05, 0) is 32.4 Å². The van der Waals surface area contributed by atoms with E-state index in [1.165, 1.54) is 19.3 Å². The molecule has 2 N–H and O–H groups in total. The highest BCUT2D eigenvalue weighted by Crippen LogP contribution is 2.33. The summed E-state index contributed by atoms with van der Waals surface area (Å²) in [4.78, 5) is 2.41. The van der Waals surface area contributed by atoms with Gasteiger partial charge in [0.25, 0.3) is 0 Å². The average Bonchev–Trinajstić information content (AvgIpc) is 2.30. The SMILES string of the molecule is CCN(CC)CCNC(C)(CO)CC1CCC1. The molecule has 1 aliphatic rings. The lowest BCUT2D eigenvalue weighted by Crippen LogP contribution is -2.50. The lowest BCUT2D eigenvalue weighted by atomic mass is 9.77. The maximum atomic E-state index is 9.56.